The van der Waals surface area contributed by atoms with Gasteiger partial charge in [0.2, 0.25) is 5.84 Å². The average Bonchev–Trinajstić information content (AvgIpc) is 3.03. The van der Waals surface area contributed by atoms with Crippen LogP contribution in [0.4, 0.5) is 0 Å². The molecule has 0 fully saturated rings. The average molecular weight is 311 g/mol. The Morgan fingerprint density at radius 3 is 2.68 bits per heavy atom. The van der Waals surface area contributed by atoms with Gasteiger partial charge in [-0.15, -0.1) is 0 Å². The van der Waals surface area contributed by atoms with Crippen LogP contribution in [0.2, 0.25) is 0 Å². The highest BCUT2D eigenvalue weighted by molar-refractivity contribution is 7.98. The van der Waals surface area contributed by atoms with Crippen LogP contribution < -0.4 is 9.57 Å². The van der Waals surface area contributed by atoms with Gasteiger partial charge in [-0.05, 0) is 23.8 Å². The SMILES string of the molecule is COc1ccc(-c2ccccc2ON2CSN=C2C#N)cc1. The van der Waals surface area contributed by atoms with Crippen molar-refractivity contribution in [3.63, 3.8) is 0 Å². The highest BCUT2D eigenvalue weighted by atomic mass is 32.2. The minimum absolute atomic E-state index is 0.273. The lowest BCUT2D eigenvalue weighted by molar-refractivity contribution is 0.0459. The van der Waals surface area contributed by atoms with Gasteiger partial charge in [0.1, 0.15) is 17.7 Å². The van der Waals surface area contributed by atoms with Gasteiger partial charge in [-0.2, -0.15) is 14.7 Å². The number of para-hydroxylation sites is 1. The largest absolute Gasteiger partial charge is 0.497 e. The van der Waals surface area contributed by atoms with E-state index in [1.165, 1.54) is 17.0 Å². The Labute approximate surface area is 132 Å². The van der Waals surface area contributed by atoms with Crippen LogP contribution in [0.15, 0.2) is 52.9 Å². The van der Waals surface area contributed by atoms with Crippen LogP contribution in [0.25, 0.3) is 11.1 Å². The van der Waals surface area contributed by atoms with Crippen LogP contribution >= 0.6 is 11.9 Å². The number of benzene rings is 2. The van der Waals surface area contributed by atoms with E-state index in [9.17, 15) is 0 Å². The predicted molar refractivity (Wildman–Crippen MR) is 86.4 cm³/mol. The number of ether oxygens (including phenoxy) is 1. The number of hydrogen-bond acceptors (Lipinski definition) is 6. The second-order valence-electron chi connectivity index (χ2n) is 4.48. The van der Waals surface area contributed by atoms with E-state index in [0.717, 1.165) is 16.9 Å². The van der Waals surface area contributed by atoms with Gasteiger partial charge in [0, 0.05) is 17.5 Å². The molecule has 6 heteroatoms. The van der Waals surface area contributed by atoms with E-state index in [2.05, 4.69) is 4.40 Å². The summed E-state index contributed by atoms with van der Waals surface area (Å²) in [4.78, 5) is 5.85. The van der Waals surface area contributed by atoms with Crippen molar-refractivity contribution in [2.45, 2.75) is 0 Å². The molecule has 0 saturated heterocycles. The Balaban J connectivity index is 1.89. The molecule has 0 atom stereocenters. The van der Waals surface area contributed by atoms with Gasteiger partial charge in [-0.1, -0.05) is 30.3 Å². The summed E-state index contributed by atoms with van der Waals surface area (Å²) in [5.74, 6) is 2.25. The van der Waals surface area contributed by atoms with Crippen molar-refractivity contribution in [2.75, 3.05) is 13.0 Å². The molecule has 0 spiro atoms. The summed E-state index contributed by atoms with van der Waals surface area (Å²) >= 11 is 1.29. The Kier molecular flexibility index (Phi) is 4.17. The molecular weight excluding hydrogens is 298 g/mol. The van der Waals surface area contributed by atoms with Gasteiger partial charge < -0.3 is 9.57 Å². The number of methoxy groups -OCH3 is 1. The molecule has 110 valence electrons. The Morgan fingerprint density at radius 1 is 1.18 bits per heavy atom. The van der Waals surface area contributed by atoms with Crippen molar-refractivity contribution < 1.29 is 9.57 Å². The normalized spacial score (nSPS) is 13.5. The molecule has 1 heterocycles. The monoisotopic (exact) mass is 311 g/mol. The van der Waals surface area contributed by atoms with Crippen LogP contribution in [-0.2, 0) is 0 Å². The Bertz CT molecular complexity index is 738. The molecule has 5 nitrogen and oxygen atoms in total. The maximum absolute atomic E-state index is 9.03. The second kappa shape index (κ2) is 6.41. The van der Waals surface area contributed by atoms with E-state index >= 15 is 0 Å². The minimum atomic E-state index is 0.273. The van der Waals surface area contributed by atoms with Gasteiger partial charge >= 0.3 is 0 Å². The van der Waals surface area contributed by atoms with E-state index in [0.29, 0.717) is 11.6 Å². The summed E-state index contributed by atoms with van der Waals surface area (Å²) < 4.78 is 9.19. The van der Waals surface area contributed by atoms with Crippen molar-refractivity contribution in [3.05, 3.63) is 48.5 Å². The van der Waals surface area contributed by atoms with Gasteiger partial charge in [0.05, 0.1) is 7.11 Å². The van der Waals surface area contributed by atoms with Crippen molar-refractivity contribution in [3.8, 4) is 28.7 Å². The molecule has 22 heavy (non-hydrogen) atoms. The zero-order valence-electron chi connectivity index (χ0n) is 11.9. The number of nitriles is 1. The van der Waals surface area contributed by atoms with E-state index in [1.54, 1.807) is 7.11 Å². The summed E-state index contributed by atoms with van der Waals surface area (Å²) in [6.07, 6.45) is 0. The van der Waals surface area contributed by atoms with Crippen LogP contribution in [0.3, 0.4) is 0 Å². The molecular formula is C16H13N3O2S. The van der Waals surface area contributed by atoms with E-state index in [-0.39, 0.29) is 5.84 Å². The van der Waals surface area contributed by atoms with E-state index < -0.39 is 0 Å². The third-order valence-electron chi connectivity index (χ3n) is 3.16. The Hall–Kier alpha value is -2.65. The molecule has 0 unspecified atom stereocenters. The summed E-state index contributed by atoms with van der Waals surface area (Å²) in [6.45, 7) is 0. The third kappa shape index (κ3) is 2.85. The van der Waals surface area contributed by atoms with Crippen LogP contribution in [0.5, 0.6) is 11.5 Å². The quantitative estimate of drug-likeness (QED) is 0.809. The lowest BCUT2D eigenvalue weighted by atomic mass is 10.0. The maximum atomic E-state index is 9.03. The number of nitrogens with zero attached hydrogens (tertiary/aromatic N) is 3. The summed E-state index contributed by atoms with van der Waals surface area (Å²) in [5.41, 5.74) is 1.96. The van der Waals surface area contributed by atoms with Crippen molar-refractivity contribution in [1.82, 2.24) is 5.06 Å². The first-order valence-electron chi connectivity index (χ1n) is 6.61. The first-order valence-corrected chi connectivity index (χ1v) is 7.55. The molecule has 0 bridgehead atoms. The molecule has 1 aliphatic heterocycles. The van der Waals surface area contributed by atoms with Gasteiger partial charge in [0.25, 0.3) is 0 Å². The maximum Gasteiger partial charge on any atom is 0.249 e. The molecule has 2 aromatic carbocycles. The zero-order chi connectivity index (χ0) is 15.4. The number of amidine groups is 1. The van der Waals surface area contributed by atoms with Crippen molar-refractivity contribution >= 4 is 17.8 Å². The molecule has 0 N–H and O–H groups in total. The fourth-order valence-corrected chi connectivity index (χ4v) is 2.66. The van der Waals surface area contributed by atoms with Crippen molar-refractivity contribution in [1.29, 1.82) is 5.26 Å². The summed E-state index contributed by atoms with van der Waals surface area (Å²) in [7, 11) is 1.64. The second-order valence-corrected chi connectivity index (χ2v) is 5.18. The Morgan fingerprint density at radius 2 is 1.95 bits per heavy atom. The van der Waals surface area contributed by atoms with E-state index in [4.69, 9.17) is 14.8 Å². The molecule has 0 amide bonds. The minimum Gasteiger partial charge on any atom is -0.497 e. The first kappa shape index (κ1) is 14.3. The highest BCUT2D eigenvalue weighted by Gasteiger charge is 2.20. The smallest absolute Gasteiger partial charge is 0.249 e. The third-order valence-corrected chi connectivity index (χ3v) is 3.81. The van der Waals surface area contributed by atoms with Gasteiger partial charge in [-0.25, -0.2) is 0 Å². The lowest BCUT2D eigenvalue weighted by Gasteiger charge is -2.18. The fourth-order valence-electron chi connectivity index (χ4n) is 2.07. The fraction of sp³-hybridized carbons (Fsp3) is 0.125. The molecule has 2 aromatic rings. The standard InChI is InChI=1S/C16H13N3O2S/c1-20-13-8-6-12(7-9-13)14-4-2-3-5-15(14)21-19-11-22-18-16(19)10-17/h2-9H,11H2,1H3. The van der Waals surface area contributed by atoms with Crippen LogP contribution in [0, 0.1) is 11.3 Å². The molecule has 0 radical (unpaired) electrons. The molecule has 0 aliphatic carbocycles. The van der Waals surface area contributed by atoms with E-state index in [1.807, 2.05) is 54.6 Å². The zero-order valence-corrected chi connectivity index (χ0v) is 12.7. The molecule has 0 aromatic heterocycles. The number of hydroxylamine groups is 2. The van der Waals surface area contributed by atoms with Crippen molar-refractivity contribution in [2.24, 2.45) is 4.40 Å². The summed E-state index contributed by atoms with van der Waals surface area (Å²) in [6, 6.07) is 17.5. The number of hydrogen-bond donors (Lipinski definition) is 0. The topological polar surface area (TPSA) is 57.9 Å². The predicted octanol–water partition coefficient (Wildman–Crippen LogP) is 3.50. The first-order chi connectivity index (χ1) is 10.8. The summed E-state index contributed by atoms with van der Waals surface area (Å²) in [5, 5.41) is 10.5. The van der Waals surface area contributed by atoms with Crippen LogP contribution in [-0.4, -0.2) is 23.9 Å². The lowest BCUT2D eigenvalue weighted by Crippen LogP contribution is -2.29. The molecule has 3 rings (SSSR count). The van der Waals surface area contributed by atoms with Gasteiger partial charge in [-0.3, -0.25) is 0 Å². The van der Waals surface area contributed by atoms with Crippen LogP contribution in [0.1, 0.15) is 0 Å². The number of rotatable bonds is 4. The van der Waals surface area contributed by atoms with Gasteiger partial charge in [0.15, 0.2) is 5.75 Å². The highest BCUT2D eigenvalue weighted by Crippen LogP contribution is 2.32. The molecule has 1 aliphatic rings. The molecule has 0 saturated carbocycles.